The lowest BCUT2D eigenvalue weighted by molar-refractivity contribution is -0.385. The number of nitro benzene ring substituents is 1. The van der Waals surface area contributed by atoms with E-state index < -0.39 is 20.2 Å². The number of benzene rings is 3. The van der Waals surface area contributed by atoms with Gasteiger partial charge in [0.2, 0.25) is 0 Å². The molecule has 0 fully saturated rings. The van der Waals surface area contributed by atoms with Gasteiger partial charge in [-0.15, -0.1) is 0 Å². The van der Waals surface area contributed by atoms with Crippen molar-refractivity contribution in [2.75, 3.05) is 6.26 Å². The van der Waals surface area contributed by atoms with E-state index in [2.05, 4.69) is 45.0 Å². The van der Waals surface area contributed by atoms with Crippen LogP contribution in [0.5, 0.6) is 0 Å². The Morgan fingerprint density at radius 2 is 1.33 bits per heavy atom. The van der Waals surface area contributed by atoms with Crippen LogP contribution in [0.1, 0.15) is 79.5 Å². The molecule has 212 valence electrons. The van der Waals surface area contributed by atoms with Crippen molar-refractivity contribution in [2.45, 2.75) is 79.4 Å². The van der Waals surface area contributed by atoms with Crippen LogP contribution in [-0.2, 0) is 25.8 Å². The van der Waals surface area contributed by atoms with E-state index >= 15 is 0 Å². The molecule has 6 nitrogen and oxygen atoms in total. The molecule has 3 aromatic rings. The highest BCUT2D eigenvalue weighted by molar-refractivity contribution is 7.89. The molecule has 0 bridgehead atoms. The number of carbonyl (C=O) groups is 1. The highest BCUT2D eigenvalue weighted by atomic mass is 32.2. The van der Waals surface area contributed by atoms with E-state index in [0.717, 1.165) is 41.4 Å². The molecule has 0 saturated heterocycles. The average Bonchev–Trinajstić information content (AvgIpc) is 2.87. The monoisotopic (exact) mass is 553 g/mol. The van der Waals surface area contributed by atoms with Gasteiger partial charge in [0.25, 0.3) is 5.69 Å². The highest BCUT2D eigenvalue weighted by Gasteiger charge is 2.40. The molecule has 0 aliphatic carbocycles. The number of Topliss-reactive ketones (excluding diaryl/α,β-unsaturated/α-hetero) is 1. The van der Waals surface area contributed by atoms with Gasteiger partial charge in [0.15, 0.2) is 9.84 Å². The zero-order valence-electron chi connectivity index (χ0n) is 24.8. The van der Waals surface area contributed by atoms with E-state index in [1.165, 1.54) is 23.3 Å². The minimum absolute atomic E-state index is 0.0678. The van der Waals surface area contributed by atoms with Crippen LogP contribution < -0.4 is 0 Å². The first-order valence-electron chi connectivity index (χ1n) is 13.3. The summed E-state index contributed by atoms with van der Waals surface area (Å²) in [5, 5.41) is 10.6. The van der Waals surface area contributed by atoms with Crippen molar-refractivity contribution in [2.24, 2.45) is 0 Å². The van der Waals surface area contributed by atoms with Crippen molar-refractivity contribution < 1.29 is 18.1 Å². The molecule has 0 heterocycles. The van der Waals surface area contributed by atoms with Crippen LogP contribution in [-0.4, -0.2) is 25.4 Å². The van der Waals surface area contributed by atoms with E-state index in [4.69, 9.17) is 0 Å². The second-order valence-electron chi connectivity index (χ2n) is 9.72. The summed E-state index contributed by atoms with van der Waals surface area (Å²) in [6.45, 7) is 15.6. The van der Waals surface area contributed by atoms with Crippen molar-refractivity contribution in [1.29, 1.82) is 0 Å². The number of sulfone groups is 1. The lowest BCUT2D eigenvalue weighted by Crippen LogP contribution is -2.37. The van der Waals surface area contributed by atoms with E-state index in [1.807, 2.05) is 38.1 Å². The molecular weight excluding hydrogens is 510 g/mol. The van der Waals surface area contributed by atoms with Crippen LogP contribution >= 0.6 is 0 Å². The highest BCUT2D eigenvalue weighted by Crippen LogP contribution is 2.40. The number of hydrogen-bond donors (Lipinski definition) is 0. The SMILES string of the molecule is CC.CCCC(C(C)=O)(c1ccccc1C)c1ccccc1C.Cc1cc([N+](=O)[O-])cc(CS(C)(=O)=O)c1C. The summed E-state index contributed by atoms with van der Waals surface area (Å²) >= 11 is 0. The molecule has 0 saturated carbocycles. The molecule has 0 aliphatic rings. The van der Waals surface area contributed by atoms with E-state index in [0.29, 0.717) is 5.56 Å². The van der Waals surface area contributed by atoms with Crippen molar-refractivity contribution in [1.82, 2.24) is 0 Å². The predicted octanol–water partition coefficient (Wildman–Crippen LogP) is 7.76. The molecule has 0 unspecified atom stereocenters. The summed E-state index contributed by atoms with van der Waals surface area (Å²) in [5.41, 5.74) is 6.08. The van der Waals surface area contributed by atoms with Gasteiger partial charge in [0.1, 0.15) is 5.78 Å². The lowest BCUT2D eigenvalue weighted by atomic mass is 9.66. The van der Waals surface area contributed by atoms with Crippen LogP contribution in [0.15, 0.2) is 60.7 Å². The zero-order chi connectivity index (χ0) is 30.0. The van der Waals surface area contributed by atoms with Gasteiger partial charge in [-0.2, -0.15) is 0 Å². The van der Waals surface area contributed by atoms with Crippen LogP contribution in [0.3, 0.4) is 0 Å². The van der Waals surface area contributed by atoms with E-state index in [1.54, 1.807) is 20.8 Å². The Hall–Kier alpha value is -3.32. The summed E-state index contributed by atoms with van der Waals surface area (Å²) in [6.07, 6.45) is 2.93. The fraction of sp³-hybridized carbons (Fsp3) is 0.406. The number of nitrogens with zero attached hydrogens (tertiary/aromatic N) is 1. The summed E-state index contributed by atoms with van der Waals surface area (Å²) in [5.74, 6) is 0.0643. The third-order valence-corrected chi connectivity index (χ3v) is 7.66. The standard InChI is InChI=1S/C20H24O.C10H13NO4S.C2H6/c1-5-14-20(17(4)21,18-12-8-6-10-15(18)2)19-13-9-7-11-16(19)3;1-7-4-10(11(12)13)5-9(8(7)2)6-16(3,14)15;1-2/h6-13H,5,14H2,1-4H3;4-5H,6H2,1-3H3;1-2H3. The Morgan fingerprint density at radius 3 is 1.69 bits per heavy atom. The van der Waals surface area contributed by atoms with Gasteiger partial charge in [-0.25, -0.2) is 8.42 Å². The number of hydrogen-bond acceptors (Lipinski definition) is 5. The van der Waals surface area contributed by atoms with Crippen LogP contribution in [0.4, 0.5) is 5.69 Å². The molecule has 0 amide bonds. The Labute approximate surface area is 234 Å². The molecule has 0 aliphatic heterocycles. The number of nitro groups is 1. The molecular formula is C32H43NO5S. The maximum atomic E-state index is 12.8. The van der Waals surface area contributed by atoms with Crippen molar-refractivity contribution in [3.63, 3.8) is 0 Å². The van der Waals surface area contributed by atoms with Crippen molar-refractivity contribution >= 4 is 21.3 Å². The molecule has 39 heavy (non-hydrogen) atoms. The topological polar surface area (TPSA) is 94.3 Å². The molecule has 3 rings (SSSR count). The molecule has 0 N–H and O–H groups in total. The average molecular weight is 554 g/mol. The minimum atomic E-state index is -3.18. The van der Waals surface area contributed by atoms with E-state index in [9.17, 15) is 23.3 Å². The largest absolute Gasteiger partial charge is 0.299 e. The van der Waals surface area contributed by atoms with Crippen LogP contribution in [0, 0.1) is 37.8 Å². The first-order valence-corrected chi connectivity index (χ1v) is 15.4. The third-order valence-electron chi connectivity index (χ3n) is 6.82. The smallest absolute Gasteiger partial charge is 0.270 e. The Morgan fingerprint density at radius 1 is 0.872 bits per heavy atom. The lowest BCUT2D eigenvalue weighted by Gasteiger charge is -2.35. The normalized spacial score (nSPS) is 11.0. The van der Waals surface area contributed by atoms with Gasteiger partial charge >= 0.3 is 0 Å². The van der Waals surface area contributed by atoms with Gasteiger partial charge in [0, 0.05) is 18.4 Å². The third kappa shape index (κ3) is 8.59. The molecule has 0 radical (unpaired) electrons. The number of ketones is 1. The zero-order valence-corrected chi connectivity index (χ0v) is 25.6. The Balaban J connectivity index is 0.000000379. The molecule has 0 aromatic heterocycles. The molecule has 0 spiro atoms. The van der Waals surface area contributed by atoms with Gasteiger partial charge < -0.3 is 0 Å². The van der Waals surface area contributed by atoms with Gasteiger partial charge in [-0.05, 0) is 80.0 Å². The minimum Gasteiger partial charge on any atom is -0.299 e. The first-order chi connectivity index (χ1) is 18.2. The Kier molecular flexibility index (Phi) is 12.7. The fourth-order valence-corrected chi connectivity index (χ4v) is 5.76. The first kappa shape index (κ1) is 33.7. The summed E-state index contributed by atoms with van der Waals surface area (Å²) in [6, 6.07) is 19.3. The Bertz CT molecular complexity index is 1350. The van der Waals surface area contributed by atoms with Gasteiger partial charge in [-0.3, -0.25) is 14.9 Å². The second kappa shape index (κ2) is 14.7. The maximum absolute atomic E-state index is 12.8. The van der Waals surface area contributed by atoms with Crippen molar-refractivity contribution in [3.8, 4) is 0 Å². The van der Waals surface area contributed by atoms with E-state index in [-0.39, 0.29) is 17.2 Å². The van der Waals surface area contributed by atoms with Crippen LogP contribution in [0.25, 0.3) is 0 Å². The van der Waals surface area contributed by atoms with Gasteiger partial charge in [0.05, 0.1) is 16.1 Å². The summed E-state index contributed by atoms with van der Waals surface area (Å²) in [4.78, 5) is 22.9. The number of non-ortho nitro benzene ring substituents is 1. The molecule has 7 heteroatoms. The summed E-state index contributed by atoms with van der Waals surface area (Å²) in [7, 11) is -3.18. The number of carbonyl (C=O) groups excluding carboxylic acids is 1. The predicted molar refractivity (Wildman–Crippen MR) is 161 cm³/mol. The second-order valence-corrected chi connectivity index (χ2v) is 11.9. The van der Waals surface area contributed by atoms with Crippen LogP contribution in [0.2, 0.25) is 0 Å². The molecule has 3 aromatic carbocycles. The summed E-state index contributed by atoms with van der Waals surface area (Å²) < 4.78 is 22.4. The number of rotatable bonds is 8. The maximum Gasteiger partial charge on any atom is 0.270 e. The molecule has 0 atom stereocenters. The quantitative estimate of drug-likeness (QED) is 0.210. The fourth-order valence-electron chi connectivity index (χ4n) is 4.90. The number of aryl methyl sites for hydroxylation is 3. The van der Waals surface area contributed by atoms with Crippen molar-refractivity contribution in [3.05, 3.63) is 110 Å². The van der Waals surface area contributed by atoms with Gasteiger partial charge in [-0.1, -0.05) is 75.7 Å².